The second kappa shape index (κ2) is 42.3. The molecule has 2 fully saturated rings. The number of piperidine rings is 1. The number of hydrogen-bond acceptors (Lipinski definition) is 23. The second-order valence-corrected chi connectivity index (χ2v) is 22.5. The zero-order valence-electron chi connectivity index (χ0n) is 54.2. The molecule has 0 aliphatic carbocycles. The van der Waals surface area contributed by atoms with Crippen molar-refractivity contribution in [1.29, 1.82) is 0 Å². The summed E-state index contributed by atoms with van der Waals surface area (Å²) >= 11 is 0. The van der Waals surface area contributed by atoms with Crippen LogP contribution in [0.4, 0.5) is 19.1 Å². The number of aryl methyl sites for hydroxylation is 1. The normalized spacial score (nSPS) is 16.6. The van der Waals surface area contributed by atoms with Crippen LogP contribution in [0, 0.1) is 24.4 Å². The van der Waals surface area contributed by atoms with Gasteiger partial charge in [0.05, 0.1) is 208 Å². The molecule has 3 aliphatic rings. The Kier molecular flexibility index (Phi) is 33.1. The first-order chi connectivity index (χ1) is 46.1. The van der Waals surface area contributed by atoms with E-state index in [0.29, 0.717) is 206 Å². The van der Waals surface area contributed by atoms with E-state index in [4.69, 9.17) is 66.6 Å². The molecule has 94 heavy (non-hydrogen) atoms. The highest BCUT2D eigenvalue weighted by Gasteiger charge is 2.42. The number of rotatable bonds is 50. The van der Waals surface area contributed by atoms with E-state index in [2.05, 4.69) is 63.8 Å². The minimum absolute atomic E-state index is 0.00856. The van der Waals surface area contributed by atoms with E-state index in [1.807, 2.05) is 24.4 Å². The molecule has 1 amide bonds. The van der Waals surface area contributed by atoms with Crippen molar-refractivity contribution in [3.8, 4) is 11.5 Å². The molecule has 1 N–H and O–H groups in total. The molecule has 2 unspecified atom stereocenters. The molecular weight excluding hydrogens is 1230 g/mol. The van der Waals surface area contributed by atoms with Crippen LogP contribution in [0.3, 0.4) is 0 Å². The quantitative estimate of drug-likeness (QED) is 0.0276. The lowest BCUT2D eigenvalue weighted by molar-refractivity contribution is -0.136. The molecule has 2 aromatic carbocycles. The number of benzene rings is 2. The maximum Gasteiger partial charge on any atom is 0.313 e. The monoisotopic (exact) mass is 1330 g/mol. The number of ether oxygens (including phenoxy) is 14. The SMILES string of the molecule is CC(=O)N[C@@H](CCN1C2CCC1CC(n1c(C)nc3c1CCN(c1ncc(OCCOCCOCCOCCOCc4cn(CCOCCOCCOCCOCCOCCOCCOCCOCCC(=O)Oc5c(F)cc(F)cc5F)nn4)cn1)C3)C2)c1ccccc1. The molecule has 26 nitrogen and oxygen atoms in total. The van der Waals surface area contributed by atoms with Crippen LogP contribution in [0.5, 0.6) is 11.5 Å². The Morgan fingerprint density at radius 3 is 1.68 bits per heavy atom. The number of nitrogens with zero attached hydrogens (tertiary/aromatic N) is 9. The summed E-state index contributed by atoms with van der Waals surface area (Å²) in [5.74, 6) is -3.24. The molecular formula is C65H93F3N10O16. The van der Waals surface area contributed by atoms with Crippen molar-refractivity contribution in [1.82, 2.24) is 44.7 Å². The van der Waals surface area contributed by atoms with Gasteiger partial charge in [-0.15, -0.1) is 5.10 Å². The number of aromatic nitrogens is 7. The predicted octanol–water partition coefficient (Wildman–Crippen LogP) is 5.76. The third kappa shape index (κ3) is 26.0. The van der Waals surface area contributed by atoms with Gasteiger partial charge in [0.1, 0.15) is 23.9 Å². The van der Waals surface area contributed by atoms with Crippen molar-refractivity contribution in [3.63, 3.8) is 0 Å². The Balaban J connectivity index is 0.525. The molecule has 0 spiro atoms. The first-order valence-corrected chi connectivity index (χ1v) is 32.6. The van der Waals surface area contributed by atoms with Crippen molar-refractivity contribution >= 4 is 17.8 Å². The summed E-state index contributed by atoms with van der Waals surface area (Å²) in [6.45, 7) is 16.2. The van der Waals surface area contributed by atoms with Crippen LogP contribution < -0.4 is 19.7 Å². The summed E-state index contributed by atoms with van der Waals surface area (Å²) in [5.41, 5.74) is 4.34. The summed E-state index contributed by atoms with van der Waals surface area (Å²) in [6.07, 6.45) is 11.5. The molecule has 2 bridgehead atoms. The van der Waals surface area contributed by atoms with E-state index in [0.717, 1.165) is 55.9 Å². The number of hydrogen-bond donors (Lipinski definition) is 1. The zero-order valence-corrected chi connectivity index (χ0v) is 54.2. The van der Waals surface area contributed by atoms with Gasteiger partial charge in [-0.1, -0.05) is 35.5 Å². The van der Waals surface area contributed by atoms with E-state index in [1.54, 1.807) is 24.0 Å². The molecule has 3 aromatic heterocycles. The van der Waals surface area contributed by atoms with E-state index in [9.17, 15) is 22.8 Å². The van der Waals surface area contributed by atoms with Gasteiger partial charge in [-0.3, -0.25) is 14.5 Å². The van der Waals surface area contributed by atoms with Crippen LogP contribution >= 0.6 is 0 Å². The average molecular weight is 1330 g/mol. The van der Waals surface area contributed by atoms with Gasteiger partial charge in [0.25, 0.3) is 0 Å². The maximum atomic E-state index is 13.6. The zero-order chi connectivity index (χ0) is 65.8. The number of imidazole rings is 1. The summed E-state index contributed by atoms with van der Waals surface area (Å²) in [4.78, 5) is 43.2. The molecule has 5 aromatic rings. The standard InChI is InChI=1S/C65H93F3N10O16/c1-49-71-61-47-75(13-11-62(61)78(49)56-42-54-8-9-55(43-56)77(54)14-10-60(72-50(2)79)51-6-4-3-5-7-51)65-69-44-57(45-70-65)93-39-38-91-35-34-89-32-33-90-36-37-92-48-53-46-76(74-73-53)15-17-82-19-21-84-23-25-86-27-29-88-31-30-87-28-26-85-24-22-83-20-18-81-16-12-63(80)94-64-58(67)40-52(66)41-59(64)68/h3-7,40-41,44-46,54-56,60H,8-39,42-43,47-48H2,1-2H3,(H,72,79)/t54?,55?,56?,60-/m0/s1. The highest BCUT2D eigenvalue weighted by Crippen LogP contribution is 2.43. The van der Waals surface area contributed by atoms with Gasteiger partial charge in [-0.2, -0.15) is 0 Å². The Labute approximate surface area is 547 Å². The molecule has 8 rings (SSSR count). The number of amides is 1. The maximum absolute atomic E-state index is 13.6. The number of fused-ring (bicyclic) bond motifs is 3. The molecule has 0 radical (unpaired) electrons. The largest absolute Gasteiger partial charge is 0.488 e. The number of nitrogens with one attached hydrogen (secondary N) is 1. The van der Waals surface area contributed by atoms with Crippen LogP contribution in [-0.4, -0.2) is 235 Å². The van der Waals surface area contributed by atoms with E-state index in [-0.39, 0.29) is 38.2 Å². The lowest BCUT2D eigenvalue weighted by Crippen LogP contribution is -2.45. The molecule has 29 heteroatoms. The third-order valence-corrected chi connectivity index (χ3v) is 15.8. The number of carbonyl (C=O) groups is 2. The Hall–Kier alpha value is -6.32. The molecule has 6 heterocycles. The first-order valence-electron chi connectivity index (χ1n) is 32.6. The molecule has 520 valence electrons. The summed E-state index contributed by atoms with van der Waals surface area (Å²) in [5, 5.41) is 11.5. The lowest BCUT2D eigenvalue weighted by atomic mass is 9.95. The summed E-state index contributed by atoms with van der Waals surface area (Å²) in [6, 6.07) is 12.7. The van der Waals surface area contributed by atoms with Gasteiger partial charge in [-0.05, 0) is 44.6 Å². The Bertz CT molecular complexity index is 2900. The Morgan fingerprint density at radius 2 is 1.14 bits per heavy atom. The topological polar surface area (TPSA) is 256 Å². The number of anilines is 1. The first kappa shape index (κ1) is 73.5. The van der Waals surface area contributed by atoms with E-state index in [1.165, 1.54) is 18.5 Å². The third-order valence-electron chi connectivity index (χ3n) is 15.8. The van der Waals surface area contributed by atoms with Crippen LogP contribution in [-0.2, 0) is 92.5 Å². The second-order valence-electron chi connectivity index (χ2n) is 22.5. The number of esters is 1. The van der Waals surface area contributed by atoms with Crippen LogP contribution in [0.1, 0.15) is 86.0 Å². The van der Waals surface area contributed by atoms with Gasteiger partial charge >= 0.3 is 5.97 Å². The minimum atomic E-state index is -1.31. The van der Waals surface area contributed by atoms with Crippen molar-refractivity contribution in [2.75, 3.05) is 177 Å². The smallest absolute Gasteiger partial charge is 0.313 e. The van der Waals surface area contributed by atoms with Gasteiger partial charge in [0.2, 0.25) is 17.6 Å². The van der Waals surface area contributed by atoms with Crippen LogP contribution in [0.25, 0.3) is 0 Å². The van der Waals surface area contributed by atoms with Gasteiger partial charge < -0.3 is 81.1 Å². The molecule has 3 atom stereocenters. The van der Waals surface area contributed by atoms with Gasteiger partial charge in [-0.25, -0.2) is 32.8 Å². The fraction of sp³-hybridized carbons (Fsp3) is 0.646. The molecule has 0 saturated carbocycles. The van der Waals surface area contributed by atoms with Crippen LogP contribution in [0.15, 0.2) is 61.1 Å². The van der Waals surface area contributed by atoms with Crippen molar-refractivity contribution < 1.29 is 89.1 Å². The van der Waals surface area contributed by atoms with Crippen molar-refractivity contribution in [2.24, 2.45) is 0 Å². The minimum Gasteiger partial charge on any atom is -0.488 e. The highest BCUT2D eigenvalue weighted by atomic mass is 19.1. The van der Waals surface area contributed by atoms with E-state index >= 15 is 0 Å². The van der Waals surface area contributed by atoms with Gasteiger partial charge in [0.15, 0.2) is 17.4 Å². The van der Waals surface area contributed by atoms with Crippen LogP contribution in [0.2, 0.25) is 0 Å². The average Bonchev–Trinajstić information content (AvgIpc) is 1.60. The van der Waals surface area contributed by atoms with Crippen molar-refractivity contribution in [3.05, 3.63) is 107 Å². The van der Waals surface area contributed by atoms with Crippen molar-refractivity contribution in [2.45, 2.75) is 103 Å². The summed E-state index contributed by atoms with van der Waals surface area (Å²) in [7, 11) is 0. The molecule has 3 aliphatic heterocycles. The van der Waals surface area contributed by atoms with E-state index < -0.39 is 29.2 Å². The fourth-order valence-electron chi connectivity index (χ4n) is 11.4. The Morgan fingerprint density at radius 1 is 0.628 bits per heavy atom. The fourth-order valence-corrected chi connectivity index (χ4v) is 11.4. The predicted molar refractivity (Wildman–Crippen MR) is 334 cm³/mol. The highest BCUT2D eigenvalue weighted by molar-refractivity contribution is 5.73. The lowest BCUT2D eigenvalue weighted by Gasteiger charge is -2.41. The van der Waals surface area contributed by atoms with Gasteiger partial charge in [0, 0.05) is 62.4 Å². The molecule has 2 saturated heterocycles. The number of carbonyl (C=O) groups excluding carboxylic acids is 2. The number of halogens is 3. The summed E-state index contributed by atoms with van der Waals surface area (Å²) < 4.78 is 121.